The lowest BCUT2D eigenvalue weighted by Crippen LogP contribution is -2.37. The quantitative estimate of drug-likeness (QED) is 0.0211. The third-order valence-corrected chi connectivity index (χ3v) is 13.5. The fourth-order valence-corrected chi connectivity index (χ4v) is 8.80. The minimum Gasteiger partial charge on any atom is -0.462 e. The number of carbonyl (C=O) groups excluding carboxylic acids is 2. The van der Waals surface area contributed by atoms with Crippen molar-refractivity contribution in [1.29, 1.82) is 0 Å². The summed E-state index contributed by atoms with van der Waals surface area (Å²) in [4.78, 5) is 35.6. The third-order valence-electron chi connectivity index (χ3n) is 12.5. The Labute approximate surface area is 432 Å². The largest absolute Gasteiger partial charge is 0.472 e. The number of ether oxygens (including phenoxy) is 2. The molecule has 0 aliphatic rings. The normalized spacial score (nSPS) is 13.7. The highest BCUT2D eigenvalue weighted by atomic mass is 31.2. The third kappa shape index (κ3) is 55.0. The van der Waals surface area contributed by atoms with Gasteiger partial charge in [-0.25, -0.2) is 4.57 Å². The number of nitrogens with zero attached hydrogens (tertiary/aromatic N) is 1. The zero-order chi connectivity index (χ0) is 51.3. The van der Waals surface area contributed by atoms with E-state index in [1.165, 1.54) is 167 Å². The molecule has 0 radical (unpaired) electrons. The first-order chi connectivity index (χ1) is 34.0. The topological polar surface area (TPSA) is 108 Å². The van der Waals surface area contributed by atoms with Gasteiger partial charge in [0.2, 0.25) is 0 Å². The van der Waals surface area contributed by atoms with Gasteiger partial charge in [0.25, 0.3) is 0 Å². The van der Waals surface area contributed by atoms with Gasteiger partial charge in [0, 0.05) is 12.8 Å². The monoisotopic (exact) mass is 1000 g/mol. The Morgan fingerprint density at radius 2 is 0.814 bits per heavy atom. The summed E-state index contributed by atoms with van der Waals surface area (Å²) in [5.41, 5.74) is 0. The van der Waals surface area contributed by atoms with E-state index in [-0.39, 0.29) is 32.0 Å². The van der Waals surface area contributed by atoms with Gasteiger partial charge in [-0.1, -0.05) is 229 Å². The van der Waals surface area contributed by atoms with E-state index >= 15 is 0 Å². The number of hydrogen-bond acceptors (Lipinski definition) is 7. The lowest BCUT2D eigenvalue weighted by atomic mass is 10.0. The van der Waals surface area contributed by atoms with Crippen molar-refractivity contribution in [3.8, 4) is 0 Å². The van der Waals surface area contributed by atoms with Crippen molar-refractivity contribution in [2.45, 2.75) is 264 Å². The number of esters is 2. The van der Waals surface area contributed by atoms with Crippen molar-refractivity contribution in [3.05, 3.63) is 60.8 Å². The standard InChI is InChI=1S/C60H110NO8P/c1-6-8-10-12-14-16-18-20-22-23-24-25-26-27-28-29-30-31-32-33-34-35-36-37-39-40-42-44-46-48-50-52-59(62)66-56-58(57-68-70(64,65)67-55-54-61(3,4)5)69-60(63)53-51-49-47-45-43-41-38-21-19-17-15-13-11-9-7-2/h9,11,15,17,21,23-24,38,43,45,58H,6-8,10,12-14,16,18-20,22,25-37,39-42,44,46-57H2,1-5H3/p+1/b11-9-,17-15-,24-23-,38-21-,45-43-. The first-order valence-corrected chi connectivity index (χ1v) is 30.5. The molecule has 0 rings (SSSR count). The second-order valence-corrected chi connectivity index (χ2v) is 22.1. The van der Waals surface area contributed by atoms with Crippen LogP contribution in [0.5, 0.6) is 0 Å². The SMILES string of the molecule is CC/C=C\C/C=C\C/C=C\C/C=C\CCCCC(=O)OC(COC(=O)CCCCCCCCCCCCCCCCCCCCC/C=C\CCCCCCCCCC)COP(=O)(O)OCC[N+](C)(C)C. The molecule has 0 saturated carbocycles. The van der Waals surface area contributed by atoms with E-state index in [1.54, 1.807) is 0 Å². The molecule has 0 aliphatic heterocycles. The summed E-state index contributed by atoms with van der Waals surface area (Å²) in [5, 5.41) is 0. The minimum absolute atomic E-state index is 0.0225. The molecule has 0 fully saturated rings. The molecule has 1 N–H and O–H groups in total. The van der Waals surface area contributed by atoms with Crippen LogP contribution < -0.4 is 0 Å². The van der Waals surface area contributed by atoms with Crippen LogP contribution in [0, 0.1) is 0 Å². The van der Waals surface area contributed by atoms with E-state index in [0.29, 0.717) is 17.4 Å². The van der Waals surface area contributed by atoms with Gasteiger partial charge < -0.3 is 18.9 Å². The lowest BCUT2D eigenvalue weighted by Gasteiger charge is -2.24. The van der Waals surface area contributed by atoms with Gasteiger partial charge >= 0.3 is 19.8 Å². The molecule has 9 nitrogen and oxygen atoms in total. The van der Waals surface area contributed by atoms with Crippen molar-refractivity contribution < 1.29 is 42.1 Å². The second kappa shape index (κ2) is 51.6. The molecule has 0 aromatic heterocycles. The van der Waals surface area contributed by atoms with E-state index in [4.69, 9.17) is 18.5 Å². The van der Waals surface area contributed by atoms with E-state index in [2.05, 4.69) is 74.6 Å². The predicted octanol–water partition coefficient (Wildman–Crippen LogP) is 17.9. The number of quaternary nitrogens is 1. The molecule has 2 unspecified atom stereocenters. The van der Waals surface area contributed by atoms with Crippen LogP contribution in [0.4, 0.5) is 0 Å². The smallest absolute Gasteiger partial charge is 0.462 e. The summed E-state index contributed by atoms with van der Waals surface area (Å²) in [6.45, 7) is 4.28. The van der Waals surface area contributed by atoms with Crippen LogP contribution >= 0.6 is 7.82 Å². The van der Waals surface area contributed by atoms with Gasteiger partial charge in [0.1, 0.15) is 19.8 Å². The summed E-state index contributed by atoms with van der Waals surface area (Å²) < 4.78 is 34.4. The number of likely N-dealkylation sites (N-methyl/N-ethyl adjacent to an activating group) is 1. The fraction of sp³-hybridized carbons (Fsp3) is 0.800. The van der Waals surface area contributed by atoms with Crippen LogP contribution in [0.2, 0.25) is 0 Å². The van der Waals surface area contributed by atoms with E-state index < -0.39 is 26.5 Å². The van der Waals surface area contributed by atoms with Crippen LogP contribution in [0.15, 0.2) is 60.8 Å². The fourth-order valence-electron chi connectivity index (χ4n) is 8.06. The van der Waals surface area contributed by atoms with Gasteiger partial charge in [-0.15, -0.1) is 0 Å². The highest BCUT2D eigenvalue weighted by Gasteiger charge is 2.27. The molecular formula is C60H111NO8P+. The minimum atomic E-state index is -4.39. The van der Waals surface area contributed by atoms with Crippen LogP contribution in [-0.4, -0.2) is 74.9 Å². The van der Waals surface area contributed by atoms with Crippen molar-refractivity contribution >= 4 is 19.8 Å². The summed E-state index contributed by atoms with van der Waals surface area (Å²) in [6, 6.07) is 0. The Balaban J connectivity index is 4.05. The Kier molecular flexibility index (Phi) is 49.9. The molecule has 0 aromatic rings. The maximum absolute atomic E-state index is 12.7. The average Bonchev–Trinajstić information content (AvgIpc) is 3.32. The second-order valence-electron chi connectivity index (χ2n) is 20.6. The van der Waals surface area contributed by atoms with Crippen LogP contribution in [-0.2, 0) is 32.7 Å². The van der Waals surface area contributed by atoms with Crippen molar-refractivity contribution in [2.75, 3.05) is 47.5 Å². The highest BCUT2D eigenvalue weighted by molar-refractivity contribution is 7.47. The Morgan fingerprint density at radius 3 is 1.26 bits per heavy atom. The molecule has 0 amide bonds. The molecule has 2 atom stereocenters. The molecule has 0 spiro atoms. The number of rotatable bonds is 53. The Hall–Kier alpha value is -2.29. The first-order valence-electron chi connectivity index (χ1n) is 29.0. The molecule has 70 heavy (non-hydrogen) atoms. The van der Waals surface area contributed by atoms with E-state index in [9.17, 15) is 19.0 Å². The van der Waals surface area contributed by atoms with Crippen molar-refractivity contribution in [3.63, 3.8) is 0 Å². The van der Waals surface area contributed by atoms with Gasteiger partial charge in [0.15, 0.2) is 6.10 Å². The zero-order valence-electron chi connectivity index (χ0n) is 46.2. The summed E-state index contributed by atoms with van der Waals surface area (Å²) in [6.07, 6.45) is 66.1. The summed E-state index contributed by atoms with van der Waals surface area (Å²) in [5.74, 6) is -0.841. The molecule has 0 aliphatic carbocycles. The average molecular weight is 1010 g/mol. The number of carbonyl (C=O) groups is 2. The molecule has 0 saturated heterocycles. The predicted molar refractivity (Wildman–Crippen MR) is 298 cm³/mol. The molecule has 0 bridgehead atoms. The Morgan fingerprint density at radius 1 is 0.457 bits per heavy atom. The maximum atomic E-state index is 12.7. The number of allylic oxidation sites excluding steroid dienone is 10. The lowest BCUT2D eigenvalue weighted by molar-refractivity contribution is -0.870. The zero-order valence-corrected chi connectivity index (χ0v) is 47.1. The van der Waals surface area contributed by atoms with Gasteiger partial charge in [-0.2, -0.15) is 0 Å². The number of unbranched alkanes of at least 4 members (excludes halogenated alkanes) is 29. The molecule has 0 heterocycles. The van der Waals surface area contributed by atoms with Gasteiger partial charge in [-0.05, 0) is 77.0 Å². The number of hydrogen-bond donors (Lipinski definition) is 1. The molecule has 0 aromatic carbocycles. The van der Waals surface area contributed by atoms with Crippen molar-refractivity contribution in [1.82, 2.24) is 0 Å². The summed E-state index contributed by atoms with van der Waals surface area (Å²) >= 11 is 0. The molecule has 10 heteroatoms. The van der Waals surface area contributed by atoms with Gasteiger partial charge in [0.05, 0.1) is 27.7 Å². The highest BCUT2D eigenvalue weighted by Crippen LogP contribution is 2.43. The van der Waals surface area contributed by atoms with Crippen molar-refractivity contribution in [2.24, 2.45) is 0 Å². The van der Waals surface area contributed by atoms with E-state index in [1.807, 2.05) is 21.1 Å². The molecular weight excluding hydrogens is 894 g/mol. The number of phosphoric ester groups is 1. The Bertz CT molecular complexity index is 1370. The van der Waals surface area contributed by atoms with Crippen LogP contribution in [0.25, 0.3) is 0 Å². The van der Waals surface area contributed by atoms with Crippen LogP contribution in [0.1, 0.15) is 258 Å². The maximum Gasteiger partial charge on any atom is 0.472 e. The van der Waals surface area contributed by atoms with Crippen LogP contribution in [0.3, 0.4) is 0 Å². The molecule has 408 valence electrons. The van der Waals surface area contributed by atoms with E-state index in [0.717, 1.165) is 57.8 Å². The van der Waals surface area contributed by atoms with Gasteiger partial charge in [-0.3, -0.25) is 18.6 Å². The first kappa shape index (κ1) is 67.7. The summed E-state index contributed by atoms with van der Waals surface area (Å²) in [7, 11) is 1.45. The number of phosphoric acid groups is 1.